The van der Waals surface area contributed by atoms with Crippen molar-refractivity contribution in [3.63, 3.8) is 0 Å². The van der Waals surface area contributed by atoms with Gasteiger partial charge in [-0.3, -0.25) is 0 Å². The van der Waals surface area contributed by atoms with Crippen molar-refractivity contribution in [3.05, 3.63) is 218 Å². The third kappa shape index (κ3) is 5.97. The summed E-state index contributed by atoms with van der Waals surface area (Å²) in [6.07, 6.45) is 0. The quantitative estimate of drug-likeness (QED) is 0.159. The molecule has 9 rings (SSSR count). The smallest absolute Gasteiger partial charge is 0.0540 e. The monoisotopic (exact) mass is 664 g/mol. The predicted octanol–water partition coefficient (Wildman–Crippen LogP) is 14.3. The van der Waals surface area contributed by atoms with Crippen molar-refractivity contribution in [2.45, 2.75) is 0 Å². The Morgan fingerprint density at radius 2 is 0.692 bits per heavy atom. The highest BCUT2D eigenvalue weighted by atomic mass is 15.1. The summed E-state index contributed by atoms with van der Waals surface area (Å²) in [7, 11) is 0. The summed E-state index contributed by atoms with van der Waals surface area (Å²) in [6, 6.07) is 78.2. The van der Waals surface area contributed by atoms with Crippen molar-refractivity contribution in [1.82, 2.24) is 0 Å². The number of para-hydroxylation sites is 3. The van der Waals surface area contributed by atoms with Crippen molar-refractivity contribution < 1.29 is 0 Å². The summed E-state index contributed by atoms with van der Waals surface area (Å²) >= 11 is 0. The molecule has 9 aromatic carbocycles. The number of anilines is 6. The van der Waals surface area contributed by atoms with Gasteiger partial charge in [0.05, 0.1) is 5.69 Å². The molecular formula is C50H36N2. The maximum absolute atomic E-state index is 2.37. The third-order valence-corrected chi connectivity index (χ3v) is 9.83. The van der Waals surface area contributed by atoms with E-state index in [0.717, 1.165) is 34.1 Å². The lowest BCUT2D eigenvalue weighted by molar-refractivity contribution is 1.28. The van der Waals surface area contributed by atoms with E-state index >= 15 is 0 Å². The molecule has 0 aromatic heterocycles. The average molecular weight is 665 g/mol. The van der Waals surface area contributed by atoms with Crippen molar-refractivity contribution in [2.75, 3.05) is 9.80 Å². The van der Waals surface area contributed by atoms with Gasteiger partial charge in [0.25, 0.3) is 0 Å². The molecule has 0 heterocycles. The summed E-state index contributed by atoms with van der Waals surface area (Å²) < 4.78 is 0. The normalized spacial score (nSPS) is 11.1. The SMILES string of the molecule is c1ccc(N(c2ccccc2)c2ccc(-c3ccc(N(c4ccccc4)c4ccc(-c5ccc6ccccc6c5)cc4)c4ccccc34)cc2)cc1. The van der Waals surface area contributed by atoms with E-state index in [-0.39, 0.29) is 0 Å². The van der Waals surface area contributed by atoms with E-state index in [1.165, 1.54) is 43.8 Å². The number of hydrogen-bond donors (Lipinski definition) is 0. The Kier molecular flexibility index (Phi) is 8.24. The molecule has 9 aromatic rings. The predicted molar refractivity (Wildman–Crippen MR) is 222 cm³/mol. The Morgan fingerprint density at radius 1 is 0.250 bits per heavy atom. The Bertz CT molecular complexity index is 2560. The molecule has 0 atom stereocenters. The Morgan fingerprint density at radius 3 is 1.31 bits per heavy atom. The van der Waals surface area contributed by atoms with Gasteiger partial charge in [0.15, 0.2) is 0 Å². The van der Waals surface area contributed by atoms with Crippen LogP contribution in [0.1, 0.15) is 0 Å². The van der Waals surface area contributed by atoms with Gasteiger partial charge >= 0.3 is 0 Å². The molecule has 0 N–H and O–H groups in total. The summed E-state index contributed by atoms with van der Waals surface area (Å²) in [5.41, 5.74) is 11.5. The molecule has 0 saturated carbocycles. The van der Waals surface area contributed by atoms with Gasteiger partial charge in [0.1, 0.15) is 0 Å². The molecule has 2 heteroatoms. The highest BCUT2D eigenvalue weighted by Crippen LogP contribution is 2.43. The van der Waals surface area contributed by atoms with Gasteiger partial charge in [-0.15, -0.1) is 0 Å². The molecule has 0 bridgehead atoms. The first-order valence-electron chi connectivity index (χ1n) is 17.8. The molecular weight excluding hydrogens is 629 g/mol. The van der Waals surface area contributed by atoms with E-state index in [1.54, 1.807) is 0 Å². The zero-order valence-electron chi connectivity index (χ0n) is 28.7. The van der Waals surface area contributed by atoms with Gasteiger partial charge in [-0.1, -0.05) is 146 Å². The van der Waals surface area contributed by atoms with E-state index < -0.39 is 0 Å². The van der Waals surface area contributed by atoms with Crippen molar-refractivity contribution in [1.29, 1.82) is 0 Å². The number of benzene rings is 9. The van der Waals surface area contributed by atoms with Crippen LogP contribution in [-0.4, -0.2) is 0 Å². The first kappa shape index (κ1) is 31.1. The van der Waals surface area contributed by atoms with Crippen molar-refractivity contribution in [3.8, 4) is 22.3 Å². The van der Waals surface area contributed by atoms with Crippen LogP contribution in [0.15, 0.2) is 218 Å². The number of nitrogens with zero attached hydrogens (tertiary/aromatic N) is 2. The van der Waals surface area contributed by atoms with E-state index in [2.05, 4.69) is 228 Å². The highest BCUT2D eigenvalue weighted by Gasteiger charge is 2.18. The molecule has 0 saturated heterocycles. The first-order chi connectivity index (χ1) is 25.8. The second-order valence-corrected chi connectivity index (χ2v) is 13.0. The lowest BCUT2D eigenvalue weighted by Gasteiger charge is -2.28. The molecule has 0 fully saturated rings. The molecule has 0 radical (unpaired) electrons. The van der Waals surface area contributed by atoms with Crippen LogP contribution in [0, 0.1) is 0 Å². The van der Waals surface area contributed by atoms with Gasteiger partial charge in [0.2, 0.25) is 0 Å². The van der Waals surface area contributed by atoms with Gasteiger partial charge < -0.3 is 9.80 Å². The lowest BCUT2D eigenvalue weighted by Crippen LogP contribution is -2.10. The maximum atomic E-state index is 2.37. The van der Waals surface area contributed by atoms with Gasteiger partial charge in [-0.25, -0.2) is 0 Å². The summed E-state index contributed by atoms with van der Waals surface area (Å²) in [5, 5.41) is 4.91. The molecule has 2 nitrogen and oxygen atoms in total. The van der Waals surface area contributed by atoms with Crippen LogP contribution in [0.4, 0.5) is 34.1 Å². The van der Waals surface area contributed by atoms with Crippen LogP contribution in [0.25, 0.3) is 43.8 Å². The van der Waals surface area contributed by atoms with Crippen molar-refractivity contribution in [2.24, 2.45) is 0 Å². The molecule has 246 valence electrons. The number of rotatable bonds is 8. The van der Waals surface area contributed by atoms with Gasteiger partial charge in [-0.05, 0) is 111 Å². The largest absolute Gasteiger partial charge is 0.311 e. The Hall–Kier alpha value is -6.90. The minimum absolute atomic E-state index is 1.11. The van der Waals surface area contributed by atoms with Gasteiger partial charge in [-0.2, -0.15) is 0 Å². The number of hydrogen-bond acceptors (Lipinski definition) is 2. The molecule has 52 heavy (non-hydrogen) atoms. The summed E-state index contributed by atoms with van der Waals surface area (Å²) in [6.45, 7) is 0. The van der Waals surface area contributed by atoms with Gasteiger partial charge in [0, 0.05) is 33.8 Å². The minimum atomic E-state index is 1.11. The van der Waals surface area contributed by atoms with Crippen LogP contribution < -0.4 is 9.80 Å². The standard InChI is InChI=1S/C50H36N2/c1-4-16-42(17-5-1)51(43-18-6-2-7-19-43)45-32-28-39(29-33-45)47-34-35-50(49-23-13-12-22-48(47)49)52(44-20-8-3-9-21-44)46-30-26-38(27-31-46)41-25-24-37-14-10-11-15-40(37)36-41/h1-36H. The summed E-state index contributed by atoms with van der Waals surface area (Å²) in [5.74, 6) is 0. The molecule has 0 amide bonds. The molecule has 0 spiro atoms. The number of fused-ring (bicyclic) bond motifs is 2. The first-order valence-corrected chi connectivity index (χ1v) is 17.8. The average Bonchev–Trinajstić information content (AvgIpc) is 3.23. The van der Waals surface area contributed by atoms with E-state index in [4.69, 9.17) is 0 Å². The summed E-state index contributed by atoms with van der Waals surface area (Å²) in [4.78, 5) is 4.67. The van der Waals surface area contributed by atoms with Crippen molar-refractivity contribution >= 4 is 55.7 Å². The van der Waals surface area contributed by atoms with Crippen LogP contribution in [0.3, 0.4) is 0 Å². The minimum Gasteiger partial charge on any atom is -0.311 e. The molecule has 0 unspecified atom stereocenters. The topological polar surface area (TPSA) is 6.48 Å². The maximum Gasteiger partial charge on any atom is 0.0540 e. The second kappa shape index (κ2) is 13.8. The molecule has 0 aliphatic carbocycles. The molecule has 0 aliphatic heterocycles. The molecule has 0 aliphatic rings. The fourth-order valence-corrected chi connectivity index (χ4v) is 7.30. The van der Waals surface area contributed by atoms with Crippen LogP contribution >= 0.6 is 0 Å². The fraction of sp³-hybridized carbons (Fsp3) is 0. The van der Waals surface area contributed by atoms with Crippen LogP contribution in [-0.2, 0) is 0 Å². The van der Waals surface area contributed by atoms with Crippen LogP contribution in [0.2, 0.25) is 0 Å². The van der Waals surface area contributed by atoms with Crippen LogP contribution in [0.5, 0.6) is 0 Å². The zero-order chi connectivity index (χ0) is 34.7. The highest BCUT2D eigenvalue weighted by molar-refractivity contribution is 6.06. The third-order valence-electron chi connectivity index (χ3n) is 9.83. The van der Waals surface area contributed by atoms with E-state index in [1.807, 2.05) is 0 Å². The fourth-order valence-electron chi connectivity index (χ4n) is 7.30. The lowest BCUT2D eigenvalue weighted by atomic mass is 9.96. The zero-order valence-corrected chi connectivity index (χ0v) is 28.7. The van der Waals surface area contributed by atoms with E-state index in [9.17, 15) is 0 Å². The van der Waals surface area contributed by atoms with E-state index in [0.29, 0.717) is 0 Å². The second-order valence-electron chi connectivity index (χ2n) is 13.0. The Labute approximate surface area is 305 Å². The Balaban J connectivity index is 1.10.